The van der Waals surface area contributed by atoms with Crippen molar-refractivity contribution in [1.82, 2.24) is 15.5 Å². The van der Waals surface area contributed by atoms with Crippen molar-refractivity contribution in [1.29, 1.82) is 0 Å². The molecule has 1 atom stereocenters. The molecule has 0 bridgehead atoms. The van der Waals surface area contributed by atoms with Gasteiger partial charge in [-0.25, -0.2) is 4.79 Å². The molecule has 8 nitrogen and oxygen atoms in total. The number of carbonyl (C=O) groups is 2. The number of nitro benzene ring substituents is 1. The Balaban J connectivity index is 1.96. The van der Waals surface area contributed by atoms with Crippen molar-refractivity contribution >= 4 is 17.6 Å². The van der Waals surface area contributed by atoms with Crippen LogP contribution in [0.25, 0.3) is 0 Å². The monoisotopic (exact) mass is 314 g/mol. The zero-order valence-corrected chi connectivity index (χ0v) is 12.1. The zero-order chi connectivity index (χ0) is 16.6. The summed E-state index contributed by atoms with van der Waals surface area (Å²) < 4.78 is 0. The maximum absolute atomic E-state index is 12.5. The maximum Gasteiger partial charge on any atom is 0.319 e. The van der Waals surface area contributed by atoms with E-state index in [0.717, 1.165) is 0 Å². The molecule has 118 valence electrons. The number of non-ortho nitro benzene ring substituents is 1. The van der Waals surface area contributed by atoms with Gasteiger partial charge in [-0.15, -0.1) is 6.58 Å². The van der Waals surface area contributed by atoms with Gasteiger partial charge in [0.05, 0.1) is 28.8 Å². The number of nitrogens with zero attached hydrogens (tertiary/aromatic N) is 2. The molecule has 0 fully saturated rings. The summed E-state index contributed by atoms with van der Waals surface area (Å²) in [6.45, 7) is 4.32. The molecule has 2 aliphatic rings. The Labute approximate surface area is 131 Å². The first-order valence-corrected chi connectivity index (χ1v) is 6.96. The summed E-state index contributed by atoms with van der Waals surface area (Å²) in [5.41, 5.74) is 1.59. The molecule has 23 heavy (non-hydrogen) atoms. The summed E-state index contributed by atoms with van der Waals surface area (Å²) in [4.78, 5) is 36.1. The number of nitrogens with one attached hydrogen (secondary N) is 2. The molecule has 3 rings (SSSR count). The second kappa shape index (κ2) is 5.56. The number of amides is 3. The molecular weight excluding hydrogens is 300 g/mol. The first kappa shape index (κ1) is 14.8. The molecule has 3 amide bonds. The average molecular weight is 314 g/mol. The Morgan fingerprint density at radius 2 is 2.04 bits per heavy atom. The summed E-state index contributed by atoms with van der Waals surface area (Å²) in [5, 5.41) is 16.1. The van der Waals surface area contributed by atoms with Gasteiger partial charge in [0.25, 0.3) is 11.6 Å². The highest BCUT2D eigenvalue weighted by molar-refractivity contribution is 6.01. The fourth-order valence-electron chi connectivity index (χ4n) is 2.77. The van der Waals surface area contributed by atoms with E-state index in [0.29, 0.717) is 29.9 Å². The third-order valence-corrected chi connectivity index (χ3v) is 3.81. The van der Waals surface area contributed by atoms with E-state index in [-0.39, 0.29) is 11.6 Å². The van der Waals surface area contributed by atoms with Gasteiger partial charge in [0.1, 0.15) is 0 Å². The maximum atomic E-state index is 12.5. The molecule has 0 unspecified atom stereocenters. The van der Waals surface area contributed by atoms with Gasteiger partial charge in [-0.1, -0.05) is 6.08 Å². The van der Waals surface area contributed by atoms with Crippen molar-refractivity contribution in [3.63, 3.8) is 0 Å². The van der Waals surface area contributed by atoms with Gasteiger partial charge in [0.15, 0.2) is 0 Å². The van der Waals surface area contributed by atoms with E-state index >= 15 is 0 Å². The van der Waals surface area contributed by atoms with Crippen molar-refractivity contribution in [3.05, 3.63) is 63.9 Å². The van der Waals surface area contributed by atoms with Gasteiger partial charge in [0, 0.05) is 18.7 Å². The minimum atomic E-state index is -0.623. The summed E-state index contributed by atoms with van der Waals surface area (Å²) in [5.74, 6) is -0.184. The summed E-state index contributed by atoms with van der Waals surface area (Å²) >= 11 is 0. The van der Waals surface area contributed by atoms with Gasteiger partial charge >= 0.3 is 6.03 Å². The quantitative estimate of drug-likeness (QED) is 0.495. The average Bonchev–Trinajstić information content (AvgIpc) is 2.83. The molecule has 2 aliphatic heterocycles. The first-order valence-electron chi connectivity index (χ1n) is 6.96. The topological polar surface area (TPSA) is 105 Å². The molecule has 2 N–H and O–H groups in total. The molecule has 0 radical (unpaired) electrons. The predicted molar refractivity (Wildman–Crippen MR) is 81.3 cm³/mol. The Hall–Kier alpha value is -3.16. The highest BCUT2D eigenvalue weighted by Crippen LogP contribution is 2.32. The molecule has 8 heteroatoms. The minimum absolute atomic E-state index is 0.0470. The van der Waals surface area contributed by atoms with Crippen LogP contribution in [0.2, 0.25) is 0 Å². The van der Waals surface area contributed by atoms with E-state index < -0.39 is 17.0 Å². The molecule has 0 saturated heterocycles. The van der Waals surface area contributed by atoms with E-state index in [9.17, 15) is 19.7 Å². The number of hydrogen-bond acceptors (Lipinski definition) is 4. The zero-order valence-electron chi connectivity index (χ0n) is 12.1. The highest BCUT2D eigenvalue weighted by atomic mass is 16.6. The predicted octanol–water partition coefficient (Wildman–Crippen LogP) is 1.23. The molecule has 0 aromatic heterocycles. The minimum Gasteiger partial charge on any atom is -0.329 e. The molecule has 1 aromatic carbocycles. The largest absolute Gasteiger partial charge is 0.329 e. The van der Waals surface area contributed by atoms with Crippen LogP contribution in [0.1, 0.15) is 11.6 Å². The second-order valence-corrected chi connectivity index (χ2v) is 5.25. The Morgan fingerprint density at radius 1 is 1.35 bits per heavy atom. The molecule has 0 aliphatic carbocycles. The lowest BCUT2D eigenvalue weighted by atomic mass is 9.96. The van der Waals surface area contributed by atoms with E-state index in [2.05, 4.69) is 17.2 Å². The van der Waals surface area contributed by atoms with Crippen LogP contribution in [0.4, 0.5) is 10.5 Å². The standard InChI is InChI=1S/C15H14N4O4/c1-2-7-18-8-11-12(14(18)20)13(17-15(21)16-11)9-3-5-10(6-4-9)19(22)23/h2-6,13H,1,7-8H2,(H2,16,17,21)/t13-/m0/s1. The smallest absolute Gasteiger partial charge is 0.319 e. The van der Waals surface area contributed by atoms with Crippen LogP contribution in [0, 0.1) is 10.1 Å². The van der Waals surface area contributed by atoms with Crippen molar-refractivity contribution in [2.24, 2.45) is 0 Å². The number of hydrogen-bond donors (Lipinski definition) is 2. The normalized spacial score (nSPS) is 20.0. The van der Waals surface area contributed by atoms with Crippen LogP contribution in [-0.4, -0.2) is 34.9 Å². The van der Waals surface area contributed by atoms with Crippen molar-refractivity contribution in [2.45, 2.75) is 6.04 Å². The number of nitro groups is 1. The molecule has 0 spiro atoms. The first-order chi connectivity index (χ1) is 11.0. The number of rotatable bonds is 4. The van der Waals surface area contributed by atoms with E-state index in [4.69, 9.17) is 0 Å². The number of urea groups is 1. The van der Waals surface area contributed by atoms with Crippen molar-refractivity contribution < 1.29 is 14.5 Å². The Bertz CT molecular complexity index is 738. The summed E-state index contributed by atoms with van der Waals surface area (Å²) in [7, 11) is 0. The van der Waals surface area contributed by atoms with E-state index in [1.165, 1.54) is 12.1 Å². The fourth-order valence-corrected chi connectivity index (χ4v) is 2.77. The van der Waals surface area contributed by atoms with Gasteiger partial charge in [-0.3, -0.25) is 14.9 Å². The van der Waals surface area contributed by atoms with Crippen molar-refractivity contribution in [2.75, 3.05) is 13.1 Å². The van der Waals surface area contributed by atoms with Gasteiger partial charge < -0.3 is 15.5 Å². The summed E-state index contributed by atoms with van der Waals surface area (Å²) in [6.07, 6.45) is 1.62. The van der Waals surface area contributed by atoms with Gasteiger partial charge in [-0.05, 0) is 17.7 Å². The third kappa shape index (κ3) is 2.54. The van der Waals surface area contributed by atoms with Crippen molar-refractivity contribution in [3.8, 4) is 0 Å². The van der Waals surface area contributed by atoms with Crippen LogP contribution < -0.4 is 10.6 Å². The van der Waals surface area contributed by atoms with Crippen LogP contribution in [-0.2, 0) is 4.79 Å². The fraction of sp³-hybridized carbons (Fsp3) is 0.200. The Kier molecular flexibility index (Phi) is 3.57. The lowest BCUT2D eigenvalue weighted by molar-refractivity contribution is -0.384. The molecule has 0 saturated carbocycles. The number of benzene rings is 1. The van der Waals surface area contributed by atoms with Gasteiger partial charge in [0.2, 0.25) is 0 Å². The van der Waals surface area contributed by atoms with E-state index in [1.54, 1.807) is 23.1 Å². The number of carbonyl (C=O) groups excluding carboxylic acids is 2. The second-order valence-electron chi connectivity index (χ2n) is 5.25. The summed E-state index contributed by atoms with van der Waals surface area (Å²) in [6, 6.07) is 4.77. The highest BCUT2D eigenvalue weighted by Gasteiger charge is 2.39. The van der Waals surface area contributed by atoms with Gasteiger partial charge in [-0.2, -0.15) is 0 Å². The molecule has 2 heterocycles. The lowest BCUT2D eigenvalue weighted by Gasteiger charge is -2.25. The van der Waals surface area contributed by atoms with Crippen LogP contribution in [0.3, 0.4) is 0 Å². The SMILES string of the molecule is C=CCN1CC2=C(C1=O)[C@H](c1ccc([N+](=O)[O-])cc1)NC(=O)N2. The van der Waals surface area contributed by atoms with Crippen LogP contribution in [0.5, 0.6) is 0 Å². The molecule has 1 aromatic rings. The molecular formula is C15H14N4O4. The Morgan fingerprint density at radius 3 is 2.65 bits per heavy atom. The van der Waals surface area contributed by atoms with Crippen LogP contribution >= 0.6 is 0 Å². The third-order valence-electron chi connectivity index (χ3n) is 3.81. The lowest BCUT2D eigenvalue weighted by Crippen LogP contribution is -2.44. The van der Waals surface area contributed by atoms with Crippen LogP contribution in [0.15, 0.2) is 48.2 Å². The van der Waals surface area contributed by atoms with E-state index in [1.807, 2.05) is 0 Å².